The molecule has 6 heteroatoms. The van der Waals surface area contributed by atoms with Gasteiger partial charge in [-0.3, -0.25) is 9.59 Å². The first-order valence-corrected chi connectivity index (χ1v) is 9.63. The van der Waals surface area contributed by atoms with E-state index in [1.54, 1.807) is 24.3 Å². The highest BCUT2D eigenvalue weighted by Crippen LogP contribution is 2.19. The maximum Gasteiger partial charge on any atom is 0.234 e. The van der Waals surface area contributed by atoms with Gasteiger partial charge in [0, 0.05) is 23.4 Å². The molecule has 138 valence electrons. The number of rotatable bonds is 7. The van der Waals surface area contributed by atoms with Gasteiger partial charge in [0.05, 0.1) is 11.4 Å². The third-order valence-electron chi connectivity index (χ3n) is 4.07. The smallest absolute Gasteiger partial charge is 0.234 e. The molecule has 27 heavy (non-hydrogen) atoms. The molecule has 1 amide bonds. The molecular formula is C21H21N3O2S. The zero-order chi connectivity index (χ0) is 19.2. The average molecular weight is 379 g/mol. The number of thioether (sulfide) groups is 1. The molecule has 3 aromatic rings. The van der Waals surface area contributed by atoms with Gasteiger partial charge in [-0.1, -0.05) is 54.2 Å². The molecule has 0 atom stereocenters. The highest BCUT2D eigenvalue weighted by atomic mass is 32.2. The van der Waals surface area contributed by atoms with E-state index in [1.807, 2.05) is 25.1 Å². The van der Waals surface area contributed by atoms with Crippen molar-refractivity contribution in [2.24, 2.45) is 0 Å². The van der Waals surface area contributed by atoms with Crippen molar-refractivity contribution in [2.45, 2.75) is 25.4 Å². The molecule has 0 radical (unpaired) electrons. The van der Waals surface area contributed by atoms with Crippen LogP contribution in [-0.4, -0.2) is 27.4 Å². The van der Waals surface area contributed by atoms with Crippen LogP contribution in [0.15, 0.2) is 59.8 Å². The number of H-pyrrole nitrogens is 1. The third kappa shape index (κ3) is 5.31. The van der Waals surface area contributed by atoms with Crippen LogP contribution in [0.3, 0.4) is 0 Å². The van der Waals surface area contributed by atoms with Gasteiger partial charge in [-0.2, -0.15) is 0 Å². The Labute approximate surface area is 162 Å². The molecule has 0 aliphatic rings. The molecule has 0 bridgehead atoms. The van der Waals surface area contributed by atoms with Gasteiger partial charge in [0.2, 0.25) is 5.91 Å². The molecule has 1 aromatic heterocycles. The fourth-order valence-electron chi connectivity index (χ4n) is 2.64. The van der Waals surface area contributed by atoms with Crippen LogP contribution < -0.4 is 5.32 Å². The summed E-state index contributed by atoms with van der Waals surface area (Å²) in [5.74, 6) is 0.0685. The summed E-state index contributed by atoms with van der Waals surface area (Å²) in [4.78, 5) is 31.5. The van der Waals surface area contributed by atoms with E-state index in [9.17, 15) is 9.59 Å². The number of amides is 1. The van der Waals surface area contributed by atoms with Crippen LogP contribution >= 0.6 is 11.8 Å². The number of ketones is 1. The number of aromatic amines is 1. The Balaban J connectivity index is 1.57. The monoisotopic (exact) mass is 379 g/mol. The molecule has 0 saturated carbocycles. The highest BCUT2D eigenvalue weighted by Gasteiger charge is 2.11. The highest BCUT2D eigenvalue weighted by molar-refractivity contribution is 7.99. The van der Waals surface area contributed by atoms with E-state index in [0.29, 0.717) is 11.3 Å². The molecule has 3 rings (SSSR count). The molecule has 5 nitrogen and oxygen atoms in total. The number of hydrogen-bond acceptors (Lipinski definition) is 4. The van der Waals surface area contributed by atoms with Gasteiger partial charge in [0.15, 0.2) is 10.9 Å². The van der Waals surface area contributed by atoms with Crippen LogP contribution in [0.4, 0.5) is 5.69 Å². The number of Topliss-reactive ketones (excluding diaryl/α,β-unsaturated/α-hetero) is 1. The van der Waals surface area contributed by atoms with Gasteiger partial charge in [-0.25, -0.2) is 4.98 Å². The quantitative estimate of drug-likeness (QED) is 0.475. The van der Waals surface area contributed by atoms with E-state index in [-0.39, 0.29) is 17.4 Å². The van der Waals surface area contributed by atoms with Gasteiger partial charge < -0.3 is 10.3 Å². The Morgan fingerprint density at radius 3 is 2.63 bits per heavy atom. The van der Waals surface area contributed by atoms with Crippen LogP contribution in [0.1, 0.15) is 34.2 Å². The Morgan fingerprint density at radius 1 is 1.11 bits per heavy atom. The second-order valence-corrected chi connectivity index (χ2v) is 7.21. The molecule has 0 unspecified atom stereocenters. The first kappa shape index (κ1) is 18.9. The fourth-order valence-corrected chi connectivity index (χ4v) is 3.38. The maximum atomic E-state index is 12.2. The summed E-state index contributed by atoms with van der Waals surface area (Å²) in [6.45, 7) is 3.49. The molecule has 2 aromatic carbocycles. The Morgan fingerprint density at radius 2 is 1.89 bits per heavy atom. The normalized spacial score (nSPS) is 10.6. The number of carbonyl (C=O) groups is 2. The summed E-state index contributed by atoms with van der Waals surface area (Å²) in [5, 5.41) is 3.54. The molecule has 0 fully saturated rings. The second-order valence-electron chi connectivity index (χ2n) is 6.25. The van der Waals surface area contributed by atoms with E-state index in [1.165, 1.54) is 24.2 Å². The maximum absolute atomic E-state index is 12.2. The topological polar surface area (TPSA) is 74.8 Å². The Hall–Kier alpha value is -2.86. The number of benzene rings is 2. The number of nitrogens with zero attached hydrogens (tertiary/aromatic N) is 1. The van der Waals surface area contributed by atoms with Gasteiger partial charge in [-0.05, 0) is 31.5 Å². The van der Waals surface area contributed by atoms with Gasteiger partial charge in [0.25, 0.3) is 0 Å². The first-order chi connectivity index (χ1) is 13.0. The minimum atomic E-state index is -0.139. The van der Waals surface area contributed by atoms with E-state index in [2.05, 4.69) is 27.4 Å². The van der Waals surface area contributed by atoms with Crippen molar-refractivity contribution in [2.75, 3.05) is 11.1 Å². The Kier molecular flexibility index (Phi) is 6.08. The molecule has 0 saturated heterocycles. The van der Waals surface area contributed by atoms with Crippen molar-refractivity contribution < 1.29 is 9.59 Å². The zero-order valence-electron chi connectivity index (χ0n) is 15.3. The zero-order valence-corrected chi connectivity index (χ0v) is 16.1. The van der Waals surface area contributed by atoms with Crippen molar-refractivity contribution in [3.8, 4) is 0 Å². The summed E-state index contributed by atoms with van der Waals surface area (Å²) in [6.07, 6.45) is 0.758. The summed E-state index contributed by atoms with van der Waals surface area (Å²) >= 11 is 1.36. The minimum absolute atomic E-state index is 0.0301. The molecule has 0 aliphatic carbocycles. The number of hydrogen-bond donors (Lipinski definition) is 2. The number of aryl methyl sites for hydroxylation is 1. The average Bonchev–Trinajstić information content (AvgIpc) is 3.00. The first-order valence-electron chi connectivity index (χ1n) is 8.64. The molecule has 2 N–H and O–H groups in total. The van der Waals surface area contributed by atoms with Gasteiger partial charge >= 0.3 is 0 Å². The predicted octanol–water partition coefficient (Wildman–Crippen LogP) is 4.24. The van der Waals surface area contributed by atoms with Crippen molar-refractivity contribution >= 4 is 29.1 Å². The lowest BCUT2D eigenvalue weighted by Crippen LogP contribution is -2.14. The lowest BCUT2D eigenvalue weighted by molar-refractivity contribution is -0.113. The third-order valence-corrected chi connectivity index (χ3v) is 4.94. The molecule has 0 spiro atoms. The Bertz CT molecular complexity index is 951. The number of imidazole rings is 1. The largest absolute Gasteiger partial charge is 0.337 e. The van der Waals surface area contributed by atoms with Crippen LogP contribution in [0, 0.1) is 6.92 Å². The summed E-state index contributed by atoms with van der Waals surface area (Å²) in [5.41, 5.74) is 4.39. The lowest BCUT2D eigenvalue weighted by Gasteiger charge is -2.05. The number of anilines is 1. The minimum Gasteiger partial charge on any atom is -0.337 e. The van der Waals surface area contributed by atoms with Gasteiger partial charge in [-0.15, -0.1) is 0 Å². The van der Waals surface area contributed by atoms with Crippen LogP contribution in [0.25, 0.3) is 0 Å². The van der Waals surface area contributed by atoms with Gasteiger partial charge in [0.1, 0.15) is 0 Å². The van der Waals surface area contributed by atoms with Crippen molar-refractivity contribution in [1.29, 1.82) is 0 Å². The summed E-state index contributed by atoms with van der Waals surface area (Å²) < 4.78 is 0. The molecule has 0 aliphatic heterocycles. The summed E-state index contributed by atoms with van der Waals surface area (Å²) in [6, 6.07) is 17.1. The van der Waals surface area contributed by atoms with Crippen LogP contribution in [0.5, 0.6) is 0 Å². The SMILES string of the molecule is CC(=O)c1cccc(NC(=O)CSc2nc(Cc3ccccc3)c(C)[nH]2)c1. The molecule has 1 heterocycles. The second kappa shape index (κ2) is 8.68. The van der Waals surface area contributed by atoms with E-state index >= 15 is 0 Å². The fraction of sp³-hybridized carbons (Fsp3) is 0.190. The number of aromatic nitrogens is 2. The van der Waals surface area contributed by atoms with Crippen molar-refractivity contribution in [3.63, 3.8) is 0 Å². The predicted molar refractivity (Wildman–Crippen MR) is 108 cm³/mol. The number of carbonyl (C=O) groups excluding carboxylic acids is 2. The lowest BCUT2D eigenvalue weighted by atomic mass is 10.1. The number of nitrogens with one attached hydrogen (secondary N) is 2. The van der Waals surface area contributed by atoms with Crippen molar-refractivity contribution in [1.82, 2.24) is 9.97 Å². The standard InChI is InChI=1S/C21H21N3O2S/c1-14-19(11-16-7-4-3-5-8-16)24-21(22-14)27-13-20(26)23-18-10-6-9-17(12-18)15(2)25/h3-10,12H,11,13H2,1-2H3,(H,22,24)(H,23,26). The van der Waals surface area contributed by atoms with E-state index < -0.39 is 0 Å². The van der Waals surface area contributed by atoms with Crippen molar-refractivity contribution in [3.05, 3.63) is 77.1 Å². The van der Waals surface area contributed by atoms with E-state index in [0.717, 1.165) is 23.0 Å². The molecular weight excluding hydrogens is 358 g/mol. The summed E-state index contributed by atoms with van der Waals surface area (Å²) in [7, 11) is 0. The van der Waals surface area contributed by atoms with Crippen LogP contribution in [-0.2, 0) is 11.2 Å². The van der Waals surface area contributed by atoms with Crippen LogP contribution in [0.2, 0.25) is 0 Å². The van der Waals surface area contributed by atoms with E-state index in [4.69, 9.17) is 0 Å².